The molecule has 2 N–H and O–H groups in total. The van der Waals surface area contributed by atoms with E-state index in [0.717, 1.165) is 17.6 Å². The second-order valence-electron chi connectivity index (χ2n) is 6.32. The summed E-state index contributed by atoms with van der Waals surface area (Å²) in [4.78, 5) is 2.20. The first kappa shape index (κ1) is 16.5. The maximum Gasteiger partial charge on any atom is 0.0646 e. The van der Waals surface area contributed by atoms with Crippen molar-refractivity contribution in [2.75, 3.05) is 14.1 Å². The summed E-state index contributed by atoms with van der Waals surface area (Å²) in [6.07, 6.45) is 0.745. The molecule has 0 aliphatic carbocycles. The van der Waals surface area contributed by atoms with E-state index in [1.807, 2.05) is 31.2 Å². The molecule has 2 atom stereocenters. The van der Waals surface area contributed by atoms with Crippen LogP contribution in [0.3, 0.4) is 0 Å². The molecule has 0 radical (unpaired) electrons. The molecule has 0 spiro atoms. The molecule has 0 aliphatic heterocycles. The van der Waals surface area contributed by atoms with Crippen molar-refractivity contribution in [1.29, 1.82) is 0 Å². The highest BCUT2D eigenvalue weighted by molar-refractivity contribution is 5.33. The molecular formula is C20H26N2. The van der Waals surface area contributed by atoms with Gasteiger partial charge in [0, 0.05) is 0 Å². The van der Waals surface area contributed by atoms with Gasteiger partial charge in [0.05, 0.1) is 11.6 Å². The normalized spacial score (nSPS) is 15.3. The van der Waals surface area contributed by atoms with Crippen LogP contribution in [0, 0.1) is 0 Å². The molecule has 0 saturated carbocycles. The van der Waals surface area contributed by atoms with Crippen molar-refractivity contribution in [3.8, 4) is 0 Å². The first-order chi connectivity index (χ1) is 10.4. The Morgan fingerprint density at radius 3 is 2.00 bits per heavy atom. The van der Waals surface area contributed by atoms with Gasteiger partial charge in [-0.25, -0.2) is 0 Å². The maximum absolute atomic E-state index is 6.99. The molecule has 0 heterocycles. The average Bonchev–Trinajstić information content (AvgIpc) is 2.48. The van der Waals surface area contributed by atoms with E-state index >= 15 is 0 Å². The van der Waals surface area contributed by atoms with Gasteiger partial charge in [0.15, 0.2) is 0 Å². The molecule has 0 saturated heterocycles. The summed E-state index contributed by atoms with van der Waals surface area (Å²) in [6, 6.07) is 20.9. The van der Waals surface area contributed by atoms with Crippen molar-refractivity contribution < 1.29 is 0 Å². The fourth-order valence-electron chi connectivity index (χ4n) is 3.30. The first-order valence-electron chi connectivity index (χ1n) is 7.65. The fraction of sp³-hybridized carbons (Fsp3) is 0.300. The Morgan fingerprint density at radius 2 is 1.55 bits per heavy atom. The zero-order chi connectivity index (χ0) is 16.2. The van der Waals surface area contributed by atoms with Gasteiger partial charge in [-0.05, 0) is 38.6 Å². The van der Waals surface area contributed by atoms with Crippen molar-refractivity contribution in [2.24, 2.45) is 5.73 Å². The van der Waals surface area contributed by atoms with E-state index in [-0.39, 0.29) is 6.04 Å². The van der Waals surface area contributed by atoms with Crippen LogP contribution < -0.4 is 5.73 Å². The molecule has 2 nitrogen and oxygen atoms in total. The third-order valence-corrected chi connectivity index (χ3v) is 4.03. The first-order valence-corrected chi connectivity index (χ1v) is 7.65. The van der Waals surface area contributed by atoms with Gasteiger partial charge < -0.3 is 10.6 Å². The molecule has 0 amide bonds. The van der Waals surface area contributed by atoms with Crippen LogP contribution in [0.4, 0.5) is 0 Å². The number of hydrogen-bond donors (Lipinski definition) is 1. The van der Waals surface area contributed by atoms with Crippen LogP contribution >= 0.6 is 0 Å². The SMILES string of the molecule is C=C(C)CC(N)(c1ccccc1)C(c1ccccc1)N(C)C. The Balaban J connectivity index is 2.57. The van der Waals surface area contributed by atoms with E-state index in [2.05, 4.69) is 62.0 Å². The second kappa shape index (κ2) is 6.91. The maximum atomic E-state index is 6.99. The van der Waals surface area contributed by atoms with Crippen molar-refractivity contribution in [2.45, 2.75) is 24.9 Å². The minimum atomic E-state index is -0.516. The fourth-order valence-corrected chi connectivity index (χ4v) is 3.30. The predicted octanol–water partition coefficient (Wildman–Crippen LogP) is 4.11. The van der Waals surface area contributed by atoms with Crippen molar-refractivity contribution >= 4 is 0 Å². The second-order valence-corrected chi connectivity index (χ2v) is 6.32. The Kier molecular flexibility index (Phi) is 5.17. The third-order valence-electron chi connectivity index (χ3n) is 4.03. The number of likely N-dealkylation sites (N-methyl/N-ethyl adjacent to an activating group) is 1. The largest absolute Gasteiger partial charge is 0.320 e. The molecule has 2 aromatic rings. The van der Waals surface area contributed by atoms with Crippen LogP contribution in [0.1, 0.15) is 30.5 Å². The summed E-state index contributed by atoms with van der Waals surface area (Å²) in [6.45, 7) is 6.15. The predicted molar refractivity (Wildman–Crippen MR) is 94.6 cm³/mol. The van der Waals surface area contributed by atoms with E-state index in [1.165, 1.54) is 5.56 Å². The summed E-state index contributed by atoms with van der Waals surface area (Å²) in [7, 11) is 4.17. The quantitative estimate of drug-likeness (QED) is 0.812. The Hall–Kier alpha value is -1.90. The summed E-state index contributed by atoms with van der Waals surface area (Å²) in [5.74, 6) is 0. The molecule has 22 heavy (non-hydrogen) atoms. The van der Waals surface area contributed by atoms with Crippen LogP contribution in [0.2, 0.25) is 0 Å². The topological polar surface area (TPSA) is 29.3 Å². The molecule has 2 rings (SSSR count). The van der Waals surface area contributed by atoms with Gasteiger partial charge in [-0.2, -0.15) is 0 Å². The smallest absolute Gasteiger partial charge is 0.0646 e. The summed E-state index contributed by atoms with van der Waals surface area (Å²) in [5.41, 5.74) is 9.93. The highest BCUT2D eigenvalue weighted by atomic mass is 15.1. The standard InChI is InChI=1S/C20H26N2/c1-16(2)15-20(21,18-13-9-6-10-14-18)19(22(3)4)17-11-7-5-8-12-17/h5-14,19H,1,15,21H2,2-4H3. The highest BCUT2D eigenvalue weighted by Gasteiger charge is 2.38. The monoisotopic (exact) mass is 294 g/mol. The van der Waals surface area contributed by atoms with Gasteiger partial charge >= 0.3 is 0 Å². The average molecular weight is 294 g/mol. The van der Waals surface area contributed by atoms with Crippen LogP contribution in [0.15, 0.2) is 72.8 Å². The molecule has 2 heteroatoms. The van der Waals surface area contributed by atoms with Gasteiger partial charge in [0.2, 0.25) is 0 Å². The van der Waals surface area contributed by atoms with E-state index in [1.54, 1.807) is 0 Å². The van der Waals surface area contributed by atoms with Gasteiger partial charge in [-0.15, -0.1) is 6.58 Å². The van der Waals surface area contributed by atoms with Crippen molar-refractivity contribution in [3.05, 3.63) is 83.9 Å². The molecule has 0 aromatic heterocycles. The number of hydrogen-bond acceptors (Lipinski definition) is 2. The van der Waals surface area contributed by atoms with E-state index in [9.17, 15) is 0 Å². The number of nitrogens with zero attached hydrogens (tertiary/aromatic N) is 1. The molecule has 2 unspecified atom stereocenters. The lowest BCUT2D eigenvalue weighted by atomic mass is 9.75. The number of nitrogens with two attached hydrogens (primary N) is 1. The van der Waals surface area contributed by atoms with E-state index in [4.69, 9.17) is 5.73 Å². The number of rotatable bonds is 6. The highest BCUT2D eigenvalue weighted by Crippen LogP contribution is 2.40. The minimum absolute atomic E-state index is 0.0767. The minimum Gasteiger partial charge on any atom is -0.320 e. The summed E-state index contributed by atoms with van der Waals surface area (Å²) >= 11 is 0. The van der Waals surface area contributed by atoms with Crippen molar-refractivity contribution in [3.63, 3.8) is 0 Å². The molecule has 116 valence electrons. The molecule has 2 aromatic carbocycles. The number of benzene rings is 2. The van der Waals surface area contributed by atoms with Gasteiger partial charge in [-0.1, -0.05) is 66.2 Å². The zero-order valence-electron chi connectivity index (χ0n) is 13.8. The lowest BCUT2D eigenvalue weighted by Crippen LogP contribution is -2.48. The lowest BCUT2D eigenvalue weighted by Gasteiger charge is -2.42. The van der Waals surface area contributed by atoms with Crippen LogP contribution in [0.25, 0.3) is 0 Å². The third kappa shape index (κ3) is 3.46. The van der Waals surface area contributed by atoms with Crippen molar-refractivity contribution in [1.82, 2.24) is 4.90 Å². The van der Waals surface area contributed by atoms with E-state index in [0.29, 0.717) is 0 Å². The Morgan fingerprint density at radius 1 is 1.05 bits per heavy atom. The zero-order valence-corrected chi connectivity index (χ0v) is 13.8. The molecule has 0 aliphatic rings. The van der Waals surface area contributed by atoms with Gasteiger partial charge in [0.25, 0.3) is 0 Å². The van der Waals surface area contributed by atoms with Crippen LogP contribution in [0.5, 0.6) is 0 Å². The molecule has 0 fully saturated rings. The Bertz CT molecular complexity index is 604. The van der Waals surface area contributed by atoms with Crippen LogP contribution in [-0.4, -0.2) is 19.0 Å². The Labute approximate surface area is 134 Å². The summed E-state index contributed by atoms with van der Waals surface area (Å²) < 4.78 is 0. The molecular weight excluding hydrogens is 268 g/mol. The van der Waals surface area contributed by atoms with E-state index < -0.39 is 5.54 Å². The van der Waals surface area contributed by atoms with Gasteiger partial charge in [-0.3, -0.25) is 0 Å². The summed E-state index contributed by atoms with van der Waals surface area (Å²) in [5, 5.41) is 0. The molecule has 0 bridgehead atoms. The lowest BCUT2D eigenvalue weighted by molar-refractivity contribution is 0.175. The van der Waals surface area contributed by atoms with Crippen LogP contribution in [-0.2, 0) is 5.54 Å². The van der Waals surface area contributed by atoms with Gasteiger partial charge in [0.1, 0.15) is 0 Å².